The Balaban J connectivity index is 2.52. The minimum atomic E-state index is 0.320. The van der Waals surface area contributed by atoms with E-state index in [-0.39, 0.29) is 0 Å². The van der Waals surface area contributed by atoms with Crippen LogP contribution in [0.15, 0.2) is 0 Å². The zero-order valence-electron chi connectivity index (χ0n) is 11.8. The first-order valence-electron chi connectivity index (χ1n) is 7.21. The molecule has 1 fully saturated rings. The van der Waals surface area contributed by atoms with Gasteiger partial charge in [-0.05, 0) is 37.8 Å². The van der Waals surface area contributed by atoms with Gasteiger partial charge in [0.1, 0.15) is 0 Å². The van der Waals surface area contributed by atoms with Crippen LogP contribution in [0, 0.1) is 5.41 Å². The molecule has 2 N–H and O–H groups in total. The van der Waals surface area contributed by atoms with Crippen LogP contribution in [0.2, 0.25) is 0 Å². The van der Waals surface area contributed by atoms with Gasteiger partial charge >= 0.3 is 0 Å². The van der Waals surface area contributed by atoms with Crippen LogP contribution in [0.4, 0.5) is 0 Å². The molecule has 0 aromatic carbocycles. The molecule has 0 aliphatic carbocycles. The van der Waals surface area contributed by atoms with Crippen LogP contribution in [-0.4, -0.2) is 48.8 Å². The summed E-state index contributed by atoms with van der Waals surface area (Å²) in [4.78, 5) is 2.50. The molecule has 1 rings (SSSR count). The summed E-state index contributed by atoms with van der Waals surface area (Å²) in [7, 11) is 0. The normalized spacial score (nSPS) is 25.8. The predicted molar refractivity (Wildman–Crippen MR) is 73.2 cm³/mol. The molecule has 0 aromatic heterocycles. The third-order valence-electron chi connectivity index (χ3n) is 4.20. The second-order valence-corrected chi connectivity index (χ2v) is 5.75. The number of aliphatic hydroxyl groups is 1. The van der Waals surface area contributed by atoms with Gasteiger partial charge in [0.15, 0.2) is 0 Å². The molecular weight excluding hydrogens is 212 g/mol. The van der Waals surface area contributed by atoms with E-state index in [9.17, 15) is 5.11 Å². The highest BCUT2D eigenvalue weighted by atomic mass is 16.3. The highest BCUT2D eigenvalue weighted by molar-refractivity contribution is 4.84. The van der Waals surface area contributed by atoms with Gasteiger partial charge in [-0.3, -0.25) is 4.90 Å². The average molecular weight is 242 g/mol. The maximum Gasteiger partial charge on any atom is 0.0586 e. The highest BCUT2D eigenvalue weighted by Crippen LogP contribution is 2.26. The fraction of sp³-hybridized carbons (Fsp3) is 1.00. The molecule has 2 unspecified atom stereocenters. The van der Waals surface area contributed by atoms with E-state index < -0.39 is 0 Å². The van der Waals surface area contributed by atoms with E-state index in [0.29, 0.717) is 18.1 Å². The summed E-state index contributed by atoms with van der Waals surface area (Å²) in [5.74, 6) is 0. The Hall–Kier alpha value is -0.120. The van der Waals surface area contributed by atoms with Crippen molar-refractivity contribution in [3.05, 3.63) is 0 Å². The molecule has 3 heteroatoms. The number of nitrogens with one attached hydrogen (secondary N) is 1. The van der Waals surface area contributed by atoms with Gasteiger partial charge in [-0.15, -0.1) is 0 Å². The van der Waals surface area contributed by atoms with Gasteiger partial charge in [-0.2, -0.15) is 0 Å². The summed E-state index contributed by atoms with van der Waals surface area (Å²) in [6.45, 7) is 11.5. The molecule has 0 amide bonds. The second-order valence-electron chi connectivity index (χ2n) is 5.75. The van der Waals surface area contributed by atoms with Crippen LogP contribution in [0.5, 0.6) is 0 Å². The van der Waals surface area contributed by atoms with Crippen molar-refractivity contribution in [3.63, 3.8) is 0 Å². The first kappa shape index (κ1) is 14.9. The lowest BCUT2D eigenvalue weighted by molar-refractivity contribution is 0.0511. The fourth-order valence-electron chi connectivity index (χ4n) is 2.68. The maximum atomic E-state index is 9.45. The van der Waals surface area contributed by atoms with Gasteiger partial charge in [-0.25, -0.2) is 0 Å². The number of rotatable bonds is 7. The maximum absolute atomic E-state index is 9.45. The summed E-state index contributed by atoms with van der Waals surface area (Å²) in [5, 5.41) is 12.9. The van der Waals surface area contributed by atoms with E-state index in [0.717, 1.165) is 32.6 Å². The van der Waals surface area contributed by atoms with Crippen LogP contribution in [0.1, 0.15) is 46.5 Å². The molecular formula is C14H30N2O. The minimum Gasteiger partial charge on any atom is -0.395 e. The molecule has 1 saturated heterocycles. The molecule has 102 valence electrons. The van der Waals surface area contributed by atoms with Crippen molar-refractivity contribution < 1.29 is 5.11 Å². The molecule has 0 radical (unpaired) electrons. The lowest BCUT2D eigenvalue weighted by Crippen LogP contribution is -2.49. The number of nitrogens with zero attached hydrogens (tertiary/aromatic N) is 1. The fourth-order valence-corrected chi connectivity index (χ4v) is 2.68. The van der Waals surface area contributed by atoms with E-state index >= 15 is 0 Å². The van der Waals surface area contributed by atoms with Crippen LogP contribution < -0.4 is 5.32 Å². The minimum absolute atomic E-state index is 0.320. The zero-order valence-corrected chi connectivity index (χ0v) is 11.8. The van der Waals surface area contributed by atoms with Crippen molar-refractivity contribution in [3.8, 4) is 0 Å². The standard InChI is InChI=1S/C14H30N2O/c1-4-14(3,11-15-5-2)12-16-9-7-6-8-13(16)10-17/h13,15,17H,4-12H2,1-3H3. The number of hydrogen-bond acceptors (Lipinski definition) is 3. The van der Waals surface area contributed by atoms with Crippen molar-refractivity contribution in [2.24, 2.45) is 5.41 Å². The summed E-state index contributed by atoms with van der Waals surface area (Å²) in [5.41, 5.74) is 0.334. The SMILES string of the molecule is CCNCC(C)(CC)CN1CCCCC1CO. The quantitative estimate of drug-likeness (QED) is 0.715. The molecule has 1 aliphatic rings. The van der Waals surface area contributed by atoms with E-state index in [1.54, 1.807) is 0 Å². The van der Waals surface area contributed by atoms with E-state index in [2.05, 4.69) is 31.0 Å². The van der Waals surface area contributed by atoms with Gasteiger partial charge in [0.05, 0.1) is 6.61 Å². The van der Waals surface area contributed by atoms with Gasteiger partial charge < -0.3 is 10.4 Å². The number of hydrogen-bond donors (Lipinski definition) is 2. The third-order valence-corrected chi connectivity index (χ3v) is 4.20. The molecule has 2 atom stereocenters. The Bertz CT molecular complexity index is 210. The summed E-state index contributed by atoms with van der Waals surface area (Å²) in [6.07, 6.45) is 4.92. The Kier molecular flexibility index (Phi) is 6.45. The number of likely N-dealkylation sites (tertiary alicyclic amines) is 1. The predicted octanol–water partition coefficient (Wildman–Crippen LogP) is 1.86. The molecule has 0 aromatic rings. The Morgan fingerprint density at radius 3 is 2.71 bits per heavy atom. The van der Waals surface area contributed by atoms with Crippen molar-refractivity contribution >= 4 is 0 Å². The van der Waals surface area contributed by atoms with Crippen molar-refractivity contribution in [2.45, 2.75) is 52.5 Å². The molecule has 1 heterocycles. The lowest BCUT2D eigenvalue weighted by atomic mass is 9.85. The van der Waals surface area contributed by atoms with E-state index in [1.165, 1.54) is 19.3 Å². The molecule has 17 heavy (non-hydrogen) atoms. The van der Waals surface area contributed by atoms with E-state index in [1.807, 2.05) is 0 Å². The van der Waals surface area contributed by atoms with Gasteiger partial charge in [-0.1, -0.05) is 27.2 Å². The number of piperidine rings is 1. The largest absolute Gasteiger partial charge is 0.395 e. The second kappa shape index (κ2) is 7.34. The summed E-state index contributed by atoms with van der Waals surface area (Å²) in [6, 6.07) is 0.399. The third kappa shape index (κ3) is 4.57. The Morgan fingerprint density at radius 1 is 1.35 bits per heavy atom. The Morgan fingerprint density at radius 2 is 2.12 bits per heavy atom. The monoisotopic (exact) mass is 242 g/mol. The summed E-state index contributed by atoms with van der Waals surface area (Å²) >= 11 is 0. The zero-order chi connectivity index (χ0) is 12.7. The lowest BCUT2D eigenvalue weighted by Gasteiger charge is -2.41. The molecule has 0 spiro atoms. The van der Waals surface area contributed by atoms with Gasteiger partial charge in [0.25, 0.3) is 0 Å². The average Bonchev–Trinajstić information content (AvgIpc) is 2.37. The molecule has 0 bridgehead atoms. The molecule has 1 aliphatic heterocycles. The van der Waals surface area contributed by atoms with Crippen LogP contribution in [0.3, 0.4) is 0 Å². The molecule has 0 saturated carbocycles. The Labute approximate surface area is 107 Å². The van der Waals surface area contributed by atoms with Crippen molar-refractivity contribution in [2.75, 3.05) is 32.8 Å². The van der Waals surface area contributed by atoms with Crippen LogP contribution >= 0.6 is 0 Å². The topological polar surface area (TPSA) is 35.5 Å². The number of aliphatic hydroxyl groups excluding tert-OH is 1. The summed E-state index contributed by atoms with van der Waals surface area (Å²) < 4.78 is 0. The van der Waals surface area contributed by atoms with E-state index in [4.69, 9.17) is 0 Å². The van der Waals surface area contributed by atoms with Gasteiger partial charge in [0, 0.05) is 19.1 Å². The van der Waals surface area contributed by atoms with Crippen molar-refractivity contribution in [1.29, 1.82) is 0 Å². The highest BCUT2D eigenvalue weighted by Gasteiger charge is 2.29. The van der Waals surface area contributed by atoms with Crippen LogP contribution in [0.25, 0.3) is 0 Å². The van der Waals surface area contributed by atoms with Crippen LogP contribution in [-0.2, 0) is 0 Å². The smallest absolute Gasteiger partial charge is 0.0586 e. The molecule has 3 nitrogen and oxygen atoms in total. The van der Waals surface area contributed by atoms with Crippen molar-refractivity contribution in [1.82, 2.24) is 10.2 Å². The first-order chi connectivity index (χ1) is 8.15. The first-order valence-corrected chi connectivity index (χ1v) is 7.21. The van der Waals surface area contributed by atoms with Gasteiger partial charge in [0.2, 0.25) is 0 Å².